The van der Waals surface area contributed by atoms with E-state index in [1.54, 1.807) is 0 Å². The molecule has 9 heteroatoms. The Hall–Kier alpha value is -2.16. The van der Waals surface area contributed by atoms with Crippen LogP contribution in [-0.4, -0.2) is 23.0 Å². The number of hydrogen-bond donors (Lipinski definition) is 1. The Morgan fingerprint density at radius 2 is 2.10 bits per heavy atom. The zero-order valence-corrected chi connectivity index (χ0v) is 10.2. The van der Waals surface area contributed by atoms with E-state index < -0.39 is 33.9 Å². The van der Waals surface area contributed by atoms with Crippen LogP contribution in [0.25, 0.3) is 0 Å². The molecular weight excluding hydrogens is 281 g/mol. The third-order valence-corrected chi connectivity index (χ3v) is 2.82. The molecule has 20 heavy (non-hydrogen) atoms. The lowest BCUT2D eigenvalue weighted by atomic mass is 10.1. The molecular formula is C11H9F3N2O4. The molecule has 1 aliphatic heterocycles. The van der Waals surface area contributed by atoms with E-state index in [9.17, 15) is 28.1 Å². The lowest BCUT2D eigenvalue weighted by Gasteiger charge is -2.11. The van der Waals surface area contributed by atoms with Crippen LogP contribution in [0.4, 0.5) is 24.5 Å². The van der Waals surface area contributed by atoms with Crippen molar-refractivity contribution in [1.29, 1.82) is 0 Å². The zero-order valence-electron chi connectivity index (χ0n) is 10.2. The number of anilines is 1. The molecule has 1 saturated heterocycles. The minimum absolute atomic E-state index is 0.0913. The van der Waals surface area contributed by atoms with E-state index >= 15 is 0 Å². The molecule has 1 N–H and O–H groups in total. The van der Waals surface area contributed by atoms with Crippen LogP contribution in [0.3, 0.4) is 0 Å². The first-order valence-corrected chi connectivity index (χ1v) is 5.44. The van der Waals surface area contributed by atoms with Gasteiger partial charge in [0.15, 0.2) is 5.60 Å². The predicted octanol–water partition coefficient (Wildman–Crippen LogP) is 2.34. The second kappa shape index (κ2) is 4.44. The van der Waals surface area contributed by atoms with Crippen molar-refractivity contribution in [1.82, 2.24) is 0 Å². The molecule has 1 aromatic carbocycles. The third-order valence-electron chi connectivity index (χ3n) is 2.82. The number of alkyl halides is 3. The van der Waals surface area contributed by atoms with Crippen molar-refractivity contribution in [3.8, 4) is 0 Å². The zero-order chi connectivity index (χ0) is 15.1. The molecule has 0 radical (unpaired) electrons. The van der Waals surface area contributed by atoms with Crippen molar-refractivity contribution in [2.75, 3.05) is 11.9 Å². The maximum Gasteiger partial charge on any atom is 0.423 e. The molecule has 0 bridgehead atoms. The maximum absolute atomic E-state index is 12.6. The SMILES string of the molecule is CC1(C(=O)Nc2ccc(C(F)(F)F)c([N+](=O)[O-])c2)CO1. The molecule has 1 unspecified atom stereocenters. The molecule has 1 heterocycles. The summed E-state index contributed by atoms with van der Waals surface area (Å²) in [5.74, 6) is -0.563. The number of epoxide rings is 1. The Kier molecular flexibility index (Phi) is 3.17. The van der Waals surface area contributed by atoms with E-state index in [0.29, 0.717) is 12.1 Å². The van der Waals surface area contributed by atoms with Crippen molar-refractivity contribution in [2.24, 2.45) is 0 Å². The molecule has 108 valence electrons. The number of nitro groups is 1. The van der Waals surface area contributed by atoms with E-state index in [1.807, 2.05) is 0 Å². The second-order valence-corrected chi connectivity index (χ2v) is 4.46. The van der Waals surface area contributed by atoms with Gasteiger partial charge in [-0.05, 0) is 19.1 Å². The Bertz CT molecular complexity index is 582. The van der Waals surface area contributed by atoms with Gasteiger partial charge in [-0.2, -0.15) is 13.2 Å². The molecule has 0 saturated carbocycles. The van der Waals surface area contributed by atoms with E-state index in [0.717, 1.165) is 6.07 Å². The average Bonchev–Trinajstić information content (AvgIpc) is 3.07. The van der Waals surface area contributed by atoms with Crippen molar-refractivity contribution in [3.63, 3.8) is 0 Å². The summed E-state index contributed by atoms with van der Waals surface area (Å²) in [5.41, 5.74) is -3.59. The molecule has 1 atom stereocenters. The number of hydrogen-bond acceptors (Lipinski definition) is 4. The van der Waals surface area contributed by atoms with Crippen molar-refractivity contribution in [2.45, 2.75) is 18.7 Å². The topological polar surface area (TPSA) is 84.8 Å². The first-order valence-electron chi connectivity index (χ1n) is 5.44. The first kappa shape index (κ1) is 14.3. The van der Waals surface area contributed by atoms with Crippen LogP contribution in [0.1, 0.15) is 12.5 Å². The highest BCUT2D eigenvalue weighted by Gasteiger charge is 2.47. The van der Waals surface area contributed by atoms with Crippen LogP contribution in [0.5, 0.6) is 0 Å². The summed E-state index contributed by atoms with van der Waals surface area (Å²) in [4.78, 5) is 21.2. The molecule has 0 aromatic heterocycles. The number of nitrogens with zero attached hydrogens (tertiary/aromatic N) is 1. The highest BCUT2D eigenvalue weighted by molar-refractivity contribution is 5.99. The number of carbonyl (C=O) groups excluding carboxylic acids is 1. The number of rotatable bonds is 3. The molecule has 1 aromatic rings. The first-order chi connectivity index (χ1) is 9.13. The number of benzene rings is 1. The molecule has 1 amide bonds. The number of nitro benzene ring substituents is 1. The van der Waals surface area contributed by atoms with Gasteiger partial charge in [-0.25, -0.2) is 0 Å². The standard InChI is InChI=1S/C11H9F3N2O4/c1-10(5-20-10)9(17)15-6-2-3-7(11(12,13)14)8(4-6)16(18)19/h2-4H,5H2,1H3,(H,15,17). The monoisotopic (exact) mass is 290 g/mol. The van der Waals surface area contributed by atoms with E-state index in [2.05, 4.69) is 5.32 Å². The van der Waals surface area contributed by atoms with Gasteiger partial charge in [0.05, 0.1) is 11.5 Å². The van der Waals surface area contributed by atoms with Gasteiger partial charge in [-0.3, -0.25) is 14.9 Å². The van der Waals surface area contributed by atoms with Gasteiger partial charge < -0.3 is 10.1 Å². The van der Waals surface area contributed by atoms with Gasteiger partial charge in [0, 0.05) is 11.8 Å². The minimum atomic E-state index is -4.84. The summed E-state index contributed by atoms with van der Waals surface area (Å²) in [6.45, 7) is 1.70. The van der Waals surface area contributed by atoms with Crippen LogP contribution in [0.2, 0.25) is 0 Å². The number of nitrogens with one attached hydrogen (secondary N) is 1. The largest absolute Gasteiger partial charge is 0.423 e. The fourth-order valence-electron chi connectivity index (χ4n) is 1.50. The third kappa shape index (κ3) is 2.72. The average molecular weight is 290 g/mol. The second-order valence-electron chi connectivity index (χ2n) is 4.46. The Balaban J connectivity index is 2.31. The molecule has 1 aliphatic rings. The van der Waals surface area contributed by atoms with Crippen LogP contribution >= 0.6 is 0 Å². The highest BCUT2D eigenvalue weighted by Crippen LogP contribution is 2.37. The van der Waals surface area contributed by atoms with E-state index in [4.69, 9.17) is 4.74 Å². The molecule has 6 nitrogen and oxygen atoms in total. The van der Waals surface area contributed by atoms with Gasteiger partial charge in [0.25, 0.3) is 11.6 Å². The summed E-state index contributed by atoms with van der Waals surface area (Å²) in [6, 6.07) is 2.19. The molecule has 2 rings (SSSR count). The summed E-state index contributed by atoms with van der Waals surface area (Å²) in [7, 11) is 0. The quantitative estimate of drug-likeness (QED) is 0.526. The molecule has 1 fully saturated rings. The van der Waals surface area contributed by atoms with Gasteiger partial charge in [-0.15, -0.1) is 0 Å². The minimum Gasteiger partial charge on any atom is -0.359 e. The normalized spacial score (nSPS) is 21.4. The smallest absolute Gasteiger partial charge is 0.359 e. The Labute approximate surface area is 110 Å². The summed E-state index contributed by atoms with van der Waals surface area (Å²) >= 11 is 0. The highest BCUT2D eigenvalue weighted by atomic mass is 19.4. The fourth-order valence-corrected chi connectivity index (χ4v) is 1.50. The molecule has 0 aliphatic carbocycles. The molecule has 0 spiro atoms. The lowest BCUT2D eigenvalue weighted by Crippen LogP contribution is -2.28. The van der Waals surface area contributed by atoms with Crippen molar-refractivity contribution >= 4 is 17.3 Å². The van der Waals surface area contributed by atoms with Crippen LogP contribution in [0.15, 0.2) is 18.2 Å². The van der Waals surface area contributed by atoms with Gasteiger partial charge in [0.1, 0.15) is 5.56 Å². The fraction of sp³-hybridized carbons (Fsp3) is 0.364. The summed E-state index contributed by atoms with van der Waals surface area (Å²) in [6.07, 6.45) is -4.84. The number of carbonyl (C=O) groups is 1. The van der Waals surface area contributed by atoms with Crippen LogP contribution in [0, 0.1) is 10.1 Å². The van der Waals surface area contributed by atoms with Gasteiger partial charge in [0.2, 0.25) is 0 Å². The Morgan fingerprint density at radius 1 is 1.50 bits per heavy atom. The van der Waals surface area contributed by atoms with E-state index in [1.165, 1.54) is 6.92 Å². The number of halogens is 3. The number of amides is 1. The van der Waals surface area contributed by atoms with Crippen molar-refractivity contribution < 1.29 is 27.6 Å². The predicted molar refractivity (Wildman–Crippen MR) is 61.1 cm³/mol. The summed E-state index contributed by atoms with van der Waals surface area (Å²) < 4.78 is 42.6. The summed E-state index contributed by atoms with van der Waals surface area (Å²) in [5, 5.41) is 13.0. The maximum atomic E-state index is 12.6. The Morgan fingerprint density at radius 3 is 2.55 bits per heavy atom. The van der Waals surface area contributed by atoms with E-state index in [-0.39, 0.29) is 12.3 Å². The lowest BCUT2D eigenvalue weighted by molar-refractivity contribution is -0.388. The van der Waals surface area contributed by atoms with Crippen LogP contribution in [-0.2, 0) is 15.7 Å². The van der Waals surface area contributed by atoms with Crippen molar-refractivity contribution in [3.05, 3.63) is 33.9 Å². The van der Waals surface area contributed by atoms with Gasteiger partial charge >= 0.3 is 6.18 Å². The van der Waals surface area contributed by atoms with Crippen LogP contribution < -0.4 is 5.32 Å². The number of ether oxygens (including phenoxy) is 1. The van der Waals surface area contributed by atoms with Gasteiger partial charge in [-0.1, -0.05) is 0 Å².